The summed E-state index contributed by atoms with van der Waals surface area (Å²) in [6.45, 7) is 12.9. The van der Waals surface area contributed by atoms with Crippen molar-refractivity contribution in [2.45, 2.75) is 77.7 Å². The second-order valence-electron chi connectivity index (χ2n) is 14.6. The van der Waals surface area contributed by atoms with Gasteiger partial charge in [-0.25, -0.2) is 4.79 Å². The van der Waals surface area contributed by atoms with Crippen molar-refractivity contribution >= 4 is 33.9 Å². The Bertz CT molecular complexity index is 1970. The van der Waals surface area contributed by atoms with Crippen LogP contribution in [0.5, 0.6) is 11.5 Å². The number of aromatic nitrogens is 3. The normalized spacial score (nSPS) is 22.8. The van der Waals surface area contributed by atoms with Gasteiger partial charge in [-0.15, -0.1) is 0 Å². The SMILES string of the molecule is CCOC(=O)C1CC1C(c1c(OC)cc(C)c2c1ccn2C(=O)OC(C)(C)C)n1cc2ccc(C#N)c(OC3CC(N4CCOCC4)C3)c2n1. The summed E-state index contributed by atoms with van der Waals surface area (Å²) < 4.78 is 32.7. The van der Waals surface area contributed by atoms with Crippen molar-refractivity contribution in [1.82, 2.24) is 19.2 Å². The first-order valence-electron chi connectivity index (χ1n) is 17.5. The van der Waals surface area contributed by atoms with Crippen LogP contribution in [0.4, 0.5) is 4.79 Å². The van der Waals surface area contributed by atoms with Crippen molar-refractivity contribution in [3.8, 4) is 17.6 Å². The van der Waals surface area contributed by atoms with Crippen molar-refractivity contribution in [3.63, 3.8) is 0 Å². The lowest BCUT2D eigenvalue weighted by Gasteiger charge is -2.44. The number of aryl methyl sites for hydroxylation is 1. The second kappa shape index (κ2) is 13.3. The predicted molar refractivity (Wildman–Crippen MR) is 186 cm³/mol. The molecular formula is C38H45N5O7. The quantitative estimate of drug-likeness (QED) is 0.194. The van der Waals surface area contributed by atoms with Crippen LogP contribution in [-0.4, -0.2) is 89.1 Å². The van der Waals surface area contributed by atoms with Gasteiger partial charge in [-0.3, -0.25) is 18.9 Å². The van der Waals surface area contributed by atoms with Crippen LogP contribution < -0.4 is 9.47 Å². The summed E-state index contributed by atoms with van der Waals surface area (Å²) in [4.78, 5) is 28.9. The third kappa shape index (κ3) is 6.29. The third-order valence-electron chi connectivity index (χ3n) is 10.1. The van der Waals surface area contributed by atoms with Crippen LogP contribution in [0.15, 0.2) is 36.7 Å². The van der Waals surface area contributed by atoms with E-state index in [-0.39, 0.29) is 23.9 Å². The Morgan fingerprint density at radius 2 is 1.90 bits per heavy atom. The Kier molecular flexibility index (Phi) is 8.99. The summed E-state index contributed by atoms with van der Waals surface area (Å²) in [6, 6.07) is 9.76. The molecule has 3 aliphatic rings. The molecule has 3 unspecified atom stereocenters. The van der Waals surface area contributed by atoms with E-state index in [1.54, 1.807) is 26.3 Å². The molecule has 0 spiro atoms. The molecule has 2 saturated carbocycles. The zero-order valence-corrected chi connectivity index (χ0v) is 29.6. The topological polar surface area (TPSA) is 130 Å². The molecule has 12 nitrogen and oxygen atoms in total. The van der Waals surface area contributed by atoms with Crippen molar-refractivity contribution in [1.29, 1.82) is 5.26 Å². The van der Waals surface area contributed by atoms with Gasteiger partial charge in [0.25, 0.3) is 0 Å². The highest BCUT2D eigenvalue weighted by molar-refractivity contribution is 5.96. The van der Waals surface area contributed by atoms with E-state index in [9.17, 15) is 14.9 Å². The smallest absolute Gasteiger partial charge is 0.419 e. The number of hydrogen-bond donors (Lipinski definition) is 0. The molecule has 2 aliphatic carbocycles. The zero-order valence-electron chi connectivity index (χ0n) is 29.6. The van der Waals surface area contributed by atoms with E-state index in [4.69, 9.17) is 28.8 Å². The van der Waals surface area contributed by atoms with Gasteiger partial charge in [0.05, 0.1) is 50.0 Å². The number of benzene rings is 2. The highest BCUT2D eigenvalue weighted by Gasteiger charge is 2.51. The molecule has 7 rings (SSSR count). The second-order valence-corrected chi connectivity index (χ2v) is 14.6. The first-order chi connectivity index (χ1) is 24.0. The Balaban J connectivity index is 1.31. The largest absolute Gasteiger partial charge is 0.496 e. The van der Waals surface area contributed by atoms with E-state index in [2.05, 4.69) is 11.0 Å². The summed E-state index contributed by atoms with van der Waals surface area (Å²) in [5, 5.41) is 16.8. The molecule has 4 aromatic rings. The summed E-state index contributed by atoms with van der Waals surface area (Å²) in [7, 11) is 1.62. The van der Waals surface area contributed by atoms with Crippen molar-refractivity contribution in [2.24, 2.45) is 11.8 Å². The molecule has 0 radical (unpaired) electrons. The minimum absolute atomic E-state index is 0.0254. The highest BCUT2D eigenvalue weighted by atomic mass is 16.6. The lowest BCUT2D eigenvalue weighted by molar-refractivity contribution is -0.145. The number of carbonyl (C=O) groups excluding carboxylic acids is 2. The number of ether oxygens (including phenoxy) is 5. The monoisotopic (exact) mass is 683 g/mol. The van der Waals surface area contributed by atoms with Gasteiger partial charge in [-0.2, -0.15) is 10.4 Å². The number of nitrogens with zero attached hydrogens (tertiary/aromatic N) is 5. The van der Waals surface area contributed by atoms with E-state index in [0.717, 1.165) is 61.0 Å². The van der Waals surface area contributed by atoms with Gasteiger partial charge in [0.1, 0.15) is 29.0 Å². The Hall–Kier alpha value is -4.60. The molecule has 264 valence electrons. The number of rotatable bonds is 9. The first-order valence-corrected chi connectivity index (χ1v) is 17.5. The van der Waals surface area contributed by atoms with Gasteiger partial charge in [-0.1, -0.05) is 0 Å². The van der Waals surface area contributed by atoms with Crippen LogP contribution in [-0.2, 0) is 19.0 Å². The molecule has 0 bridgehead atoms. The van der Waals surface area contributed by atoms with E-state index >= 15 is 0 Å². The lowest BCUT2D eigenvalue weighted by Crippen LogP contribution is -2.52. The molecular weight excluding hydrogens is 638 g/mol. The van der Waals surface area contributed by atoms with Gasteiger partial charge < -0.3 is 23.7 Å². The minimum atomic E-state index is -0.680. The number of morpholine rings is 1. The van der Waals surface area contributed by atoms with Crippen molar-refractivity contribution in [2.75, 3.05) is 40.0 Å². The number of methoxy groups -OCH3 is 1. The van der Waals surface area contributed by atoms with Gasteiger partial charge >= 0.3 is 12.1 Å². The maximum atomic E-state index is 13.4. The Morgan fingerprint density at radius 3 is 2.58 bits per heavy atom. The zero-order chi connectivity index (χ0) is 35.3. The van der Waals surface area contributed by atoms with E-state index in [0.29, 0.717) is 47.2 Å². The molecule has 12 heteroatoms. The molecule has 50 heavy (non-hydrogen) atoms. The summed E-state index contributed by atoms with van der Waals surface area (Å²) in [5.74, 6) is 0.354. The number of fused-ring (bicyclic) bond motifs is 2. The standard InChI is InChI=1S/C38H45N5O7/c1-7-48-36(44)29-19-28(29)34(31-27-10-11-42(37(45)50-38(3,4)5)33(27)22(2)16-30(31)46-6)43-21-24-9-8-23(20-39)35(32(24)40-43)49-26-17-25(18-26)41-12-14-47-15-13-41/h8-11,16,21,25-26,28-29,34H,7,12-15,17-19H2,1-6H3. The van der Waals surface area contributed by atoms with Crippen molar-refractivity contribution in [3.05, 3.63) is 53.3 Å². The molecule has 2 aromatic carbocycles. The molecule has 3 heterocycles. The number of nitriles is 1. The number of carbonyl (C=O) groups is 2. The van der Waals surface area contributed by atoms with Crippen LogP contribution in [0.1, 0.15) is 69.7 Å². The maximum Gasteiger partial charge on any atom is 0.419 e. The Labute approximate surface area is 291 Å². The van der Waals surface area contributed by atoms with Crippen LogP contribution in [0.2, 0.25) is 0 Å². The van der Waals surface area contributed by atoms with Gasteiger partial charge in [0, 0.05) is 60.7 Å². The van der Waals surface area contributed by atoms with Gasteiger partial charge in [-0.05, 0) is 76.8 Å². The fourth-order valence-corrected chi connectivity index (χ4v) is 7.56. The van der Waals surface area contributed by atoms with Crippen LogP contribution in [0.3, 0.4) is 0 Å². The van der Waals surface area contributed by atoms with E-state index in [1.165, 1.54) is 4.57 Å². The molecule has 3 atom stereocenters. The molecule has 3 fully saturated rings. The summed E-state index contributed by atoms with van der Waals surface area (Å²) in [5.41, 5.74) is 2.67. The minimum Gasteiger partial charge on any atom is -0.496 e. The first kappa shape index (κ1) is 33.9. The van der Waals surface area contributed by atoms with Crippen LogP contribution >= 0.6 is 0 Å². The number of hydrogen-bond acceptors (Lipinski definition) is 10. The Morgan fingerprint density at radius 1 is 1.14 bits per heavy atom. The molecule has 0 N–H and O–H groups in total. The fraction of sp³-hybridized carbons (Fsp3) is 0.526. The van der Waals surface area contributed by atoms with Crippen molar-refractivity contribution < 1.29 is 33.3 Å². The van der Waals surface area contributed by atoms with Crippen LogP contribution in [0, 0.1) is 30.1 Å². The molecule has 1 saturated heterocycles. The summed E-state index contributed by atoms with van der Waals surface area (Å²) >= 11 is 0. The molecule has 0 amide bonds. The van der Waals surface area contributed by atoms with E-state index in [1.807, 2.05) is 56.8 Å². The average Bonchev–Trinajstić information content (AvgIpc) is 3.51. The average molecular weight is 684 g/mol. The van der Waals surface area contributed by atoms with Crippen LogP contribution in [0.25, 0.3) is 21.8 Å². The lowest BCUT2D eigenvalue weighted by atomic mass is 9.87. The number of esters is 1. The predicted octanol–water partition coefficient (Wildman–Crippen LogP) is 5.99. The van der Waals surface area contributed by atoms with Gasteiger partial charge in [0.15, 0.2) is 5.75 Å². The molecule has 2 aromatic heterocycles. The fourth-order valence-electron chi connectivity index (χ4n) is 7.56. The van der Waals surface area contributed by atoms with Gasteiger partial charge in [0.2, 0.25) is 0 Å². The molecule has 1 aliphatic heterocycles. The highest BCUT2D eigenvalue weighted by Crippen LogP contribution is 2.53. The third-order valence-corrected chi connectivity index (χ3v) is 10.1. The summed E-state index contributed by atoms with van der Waals surface area (Å²) in [6.07, 6.45) is 5.51. The van der Waals surface area contributed by atoms with E-state index < -0.39 is 17.7 Å². The maximum absolute atomic E-state index is 13.4.